The summed E-state index contributed by atoms with van der Waals surface area (Å²) in [6.07, 6.45) is 2.54. The molecule has 2 aromatic rings. The highest BCUT2D eigenvalue weighted by atomic mass is 19.1. The summed E-state index contributed by atoms with van der Waals surface area (Å²) in [5.74, 6) is -0.253. The molecule has 2 aromatic carbocycles. The van der Waals surface area contributed by atoms with Crippen LogP contribution in [0.5, 0.6) is 5.75 Å². The van der Waals surface area contributed by atoms with Crippen molar-refractivity contribution < 1.29 is 28.5 Å². The van der Waals surface area contributed by atoms with Gasteiger partial charge in [-0.05, 0) is 68.6 Å². The van der Waals surface area contributed by atoms with E-state index in [0.29, 0.717) is 22.9 Å². The van der Waals surface area contributed by atoms with Crippen molar-refractivity contribution in [2.75, 3.05) is 11.9 Å². The molecule has 5 rings (SSSR count). The SMILES string of the molecule is CNC(O)c1ccc(O)c(N2C(C)=CC(OCc3ccc(F)cc3F)=C(C3CC3)C3OC32)c1. The Balaban J connectivity index is 1.47. The van der Waals surface area contributed by atoms with E-state index in [0.717, 1.165) is 30.2 Å². The third-order valence-electron chi connectivity index (χ3n) is 6.30. The molecule has 1 aliphatic carbocycles. The van der Waals surface area contributed by atoms with Gasteiger partial charge in [-0.2, -0.15) is 0 Å². The fourth-order valence-electron chi connectivity index (χ4n) is 4.36. The van der Waals surface area contributed by atoms with Crippen molar-refractivity contribution in [1.29, 1.82) is 0 Å². The zero-order chi connectivity index (χ0) is 23.3. The van der Waals surface area contributed by atoms with Gasteiger partial charge in [0, 0.05) is 22.9 Å². The fourth-order valence-corrected chi connectivity index (χ4v) is 4.36. The molecule has 1 saturated heterocycles. The lowest BCUT2D eigenvalue weighted by molar-refractivity contribution is 0.149. The van der Waals surface area contributed by atoms with Crippen LogP contribution in [0.25, 0.3) is 0 Å². The van der Waals surface area contributed by atoms with Gasteiger partial charge < -0.3 is 24.6 Å². The standard InChI is InChI=1S/C25H26F2N2O4/c1-13-9-21(32-12-16-5-7-17(26)11-18(16)27)22(14-3-4-14)23-25(33-23)29(13)19-10-15(24(31)28-2)6-8-20(19)30/h5-11,14,23-25,28,30-31H,3-4,12H2,1-2H3. The minimum Gasteiger partial charge on any atom is -0.506 e. The van der Waals surface area contributed by atoms with Crippen molar-refractivity contribution in [1.82, 2.24) is 5.32 Å². The molecule has 0 bridgehead atoms. The maximum Gasteiger partial charge on any atom is 0.165 e. The van der Waals surface area contributed by atoms with Crippen LogP contribution in [0.3, 0.4) is 0 Å². The molecule has 6 nitrogen and oxygen atoms in total. The normalized spacial score (nSPS) is 23.1. The molecule has 0 spiro atoms. The fraction of sp³-hybridized carbons (Fsp3) is 0.360. The lowest BCUT2D eigenvalue weighted by Gasteiger charge is -2.25. The first-order chi connectivity index (χ1) is 15.9. The van der Waals surface area contributed by atoms with Gasteiger partial charge in [-0.15, -0.1) is 0 Å². The Hall–Kier alpha value is -2.94. The number of nitrogens with one attached hydrogen (secondary N) is 1. The third kappa shape index (κ3) is 4.21. The lowest BCUT2D eigenvalue weighted by atomic mass is 10.1. The van der Waals surface area contributed by atoms with E-state index in [2.05, 4.69) is 5.32 Å². The van der Waals surface area contributed by atoms with E-state index in [-0.39, 0.29) is 30.3 Å². The molecule has 2 fully saturated rings. The van der Waals surface area contributed by atoms with Crippen LogP contribution in [-0.2, 0) is 16.1 Å². The Bertz CT molecular complexity index is 1150. The number of aromatic hydroxyl groups is 1. The van der Waals surface area contributed by atoms with Gasteiger partial charge in [0.2, 0.25) is 0 Å². The van der Waals surface area contributed by atoms with E-state index in [9.17, 15) is 19.0 Å². The predicted molar refractivity (Wildman–Crippen MR) is 118 cm³/mol. The van der Waals surface area contributed by atoms with Crippen LogP contribution in [0.1, 0.15) is 37.1 Å². The third-order valence-corrected chi connectivity index (χ3v) is 6.30. The largest absolute Gasteiger partial charge is 0.506 e. The first kappa shape index (κ1) is 21.9. The van der Waals surface area contributed by atoms with Crippen molar-refractivity contribution in [3.63, 3.8) is 0 Å². The second-order valence-corrected chi connectivity index (χ2v) is 8.66. The number of hydrogen-bond acceptors (Lipinski definition) is 6. The molecule has 0 aromatic heterocycles. The van der Waals surface area contributed by atoms with Crippen LogP contribution in [0.2, 0.25) is 0 Å². The number of rotatable bonds is 7. The zero-order valence-electron chi connectivity index (χ0n) is 18.4. The molecule has 0 radical (unpaired) electrons. The predicted octanol–water partition coefficient (Wildman–Crippen LogP) is 4.21. The van der Waals surface area contributed by atoms with Crippen LogP contribution < -0.4 is 10.2 Å². The second-order valence-electron chi connectivity index (χ2n) is 8.66. The number of allylic oxidation sites excluding steroid dienone is 2. The summed E-state index contributed by atoms with van der Waals surface area (Å²) in [6, 6.07) is 8.37. The number of phenolic OH excluding ortho intramolecular Hbond substituents is 1. The highest BCUT2D eigenvalue weighted by Crippen LogP contribution is 2.51. The van der Waals surface area contributed by atoms with Crippen LogP contribution >= 0.6 is 0 Å². The summed E-state index contributed by atoms with van der Waals surface area (Å²) < 4.78 is 39.5. The maximum absolute atomic E-state index is 14.1. The summed E-state index contributed by atoms with van der Waals surface area (Å²) in [6.45, 7) is 1.85. The number of aliphatic hydroxyl groups excluding tert-OH is 1. The molecular weight excluding hydrogens is 430 g/mol. The number of fused-ring (bicyclic) bond motifs is 1. The molecule has 3 unspecified atom stereocenters. The second kappa shape index (κ2) is 8.44. The average Bonchev–Trinajstić information content (AvgIpc) is 3.70. The zero-order valence-corrected chi connectivity index (χ0v) is 18.4. The lowest BCUT2D eigenvalue weighted by Crippen LogP contribution is -2.26. The van der Waals surface area contributed by atoms with Crippen LogP contribution in [0.4, 0.5) is 14.5 Å². The molecule has 174 valence electrons. The molecule has 3 atom stereocenters. The smallest absolute Gasteiger partial charge is 0.165 e. The molecule has 3 N–H and O–H groups in total. The van der Waals surface area contributed by atoms with E-state index in [4.69, 9.17) is 9.47 Å². The van der Waals surface area contributed by atoms with Gasteiger partial charge in [-0.3, -0.25) is 5.32 Å². The molecule has 2 aliphatic heterocycles. The van der Waals surface area contributed by atoms with Gasteiger partial charge in [-0.1, -0.05) is 6.07 Å². The Morgan fingerprint density at radius 3 is 2.70 bits per heavy atom. The Labute approximate surface area is 190 Å². The number of aliphatic hydroxyl groups is 1. The number of hydrogen-bond donors (Lipinski definition) is 3. The minimum absolute atomic E-state index is 0.0338. The monoisotopic (exact) mass is 456 g/mol. The average molecular weight is 456 g/mol. The van der Waals surface area contributed by atoms with Crippen LogP contribution in [0, 0.1) is 17.6 Å². The first-order valence-corrected chi connectivity index (χ1v) is 11.0. The van der Waals surface area contributed by atoms with Crippen molar-refractivity contribution in [3.05, 3.63) is 82.3 Å². The summed E-state index contributed by atoms with van der Waals surface area (Å²) in [5.41, 5.74) is 3.21. The van der Waals surface area contributed by atoms with Crippen molar-refractivity contribution in [2.24, 2.45) is 5.92 Å². The van der Waals surface area contributed by atoms with Gasteiger partial charge in [-0.25, -0.2) is 8.78 Å². The Morgan fingerprint density at radius 1 is 1.21 bits per heavy atom. The van der Waals surface area contributed by atoms with E-state index in [1.165, 1.54) is 12.1 Å². The number of ether oxygens (including phenoxy) is 2. The van der Waals surface area contributed by atoms with Gasteiger partial charge in [0.1, 0.15) is 42.1 Å². The summed E-state index contributed by atoms with van der Waals surface area (Å²) >= 11 is 0. The quantitative estimate of drug-likeness (QED) is 0.428. The van der Waals surface area contributed by atoms with E-state index >= 15 is 0 Å². The number of epoxide rings is 1. The molecule has 33 heavy (non-hydrogen) atoms. The topological polar surface area (TPSA) is 77.5 Å². The first-order valence-electron chi connectivity index (χ1n) is 11.0. The summed E-state index contributed by atoms with van der Waals surface area (Å²) in [5, 5.41) is 23.6. The molecular formula is C25H26F2N2O4. The van der Waals surface area contributed by atoms with Gasteiger partial charge in [0.05, 0.1) is 5.69 Å². The molecule has 0 amide bonds. The van der Waals surface area contributed by atoms with Crippen molar-refractivity contribution >= 4 is 5.69 Å². The van der Waals surface area contributed by atoms with Gasteiger partial charge >= 0.3 is 0 Å². The Morgan fingerprint density at radius 2 is 2.00 bits per heavy atom. The van der Waals surface area contributed by atoms with Gasteiger partial charge in [0.25, 0.3) is 0 Å². The molecule has 2 heterocycles. The highest BCUT2D eigenvalue weighted by molar-refractivity contribution is 5.66. The molecule has 1 saturated carbocycles. The highest BCUT2D eigenvalue weighted by Gasteiger charge is 2.53. The Kier molecular flexibility index (Phi) is 5.60. The maximum atomic E-state index is 14.1. The van der Waals surface area contributed by atoms with E-state index in [1.807, 2.05) is 17.9 Å². The van der Waals surface area contributed by atoms with Gasteiger partial charge in [0.15, 0.2) is 6.23 Å². The van der Waals surface area contributed by atoms with Crippen LogP contribution in [-0.4, -0.2) is 29.6 Å². The van der Waals surface area contributed by atoms with E-state index in [1.54, 1.807) is 25.2 Å². The molecule has 8 heteroatoms. The molecule has 3 aliphatic rings. The minimum atomic E-state index is -0.874. The summed E-state index contributed by atoms with van der Waals surface area (Å²) in [7, 11) is 1.65. The summed E-state index contributed by atoms with van der Waals surface area (Å²) in [4.78, 5) is 1.89. The van der Waals surface area contributed by atoms with E-state index < -0.39 is 17.9 Å². The number of benzene rings is 2. The van der Waals surface area contributed by atoms with Crippen molar-refractivity contribution in [2.45, 2.75) is 44.9 Å². The number of phenols is 1. The van der Waals surface area contributed by atoms with Crippen molar-refractivity contribution in [3.8, 4) is 5.75 Å². The van der Waals surface area contributed by atoms with Crippen LogP contribution in [0.15, 0.2) is 59.5 Å². The number of anilines is 1. The number of halogens is 2. The number of nitrogens with zero attached hydrogens (tertiary/aromatic N) is 1.